The molecule has 2 aliphatic carbocycles. The molecule has 0 aromatic carbocycles. The molecule has 1 atom stereocenters. The molecule has 16 heavy (non-hydrogen) atoms. The fourth-order valence-corrected chi connectivity index (χ4v) is 3.81. The lowest BCUT2D eigenvalue weighted by Gasteiger charge is -2.42. The predicted octanol–water partition coefficient (Wildman–Crippen LogP) is 2.25. The van der Waals surface area contributed by atoms with Crippen LogP contribution in [0.25, 0.3) is 0 Å². The highest BCUT2D eigenvalue weighted by Crippen LogP contribution is 2.38. The second-order valence-electron chi connectivity index (χ2n) is 6.46. The van der Waals surface area contributed by atoms with Gasteiger partial charge < -0.3 is 5.32 Å². The number of nitrogens with one attached hydrogen (secondary N) is 1. The van der Waals surface area contributed by atoms with Crippen LogP contribution in [-0.2, 0) is 0 Å². The van der Waals surface area contributed by atoms with Gasteiger partial charge in [0.05, 0.1) is 0 Å². The normalized spacial score (nSPS) is 32.1. The minimum atomic E-state index is 0.515. The maximum Gasteiger partial charge on any atom is 0.0309 e. The van der Waals surface area contributed by atoms with Crippen molar-refractivity contribution >= 4 is 0 Å². The van der Waals surface area contributed by atoms with Crippen molar-refractivity contribution in [3.05, 3.63) is 0 Å². The van der Waals surface area contributed by atoms with Gasteiger partial charge in [-0.2, -0.15) is 0 Å². The van der Waals surface area contributed by atoms with Gasteiger partial charge in [0.2, 0.25) is 0 Å². The van der Waals surface area contributed by atoms with E-state index in [4.69, 9.17) is 0 Å². The molecule has 0 amide bonds. The maximum absolute atomic E-state index is 3.80. The summed E-state index contributed by atoms with van der Waals surface area (Å²) in [5.74, 6) is 2.01. The van der Waals surface area contributed by atoms with Gasteiger partial charge in [-0.05, 0) is 37.5 Å². The highest BCUT2D eigenvalue weighted by molar-refractivity contribution is 4.98. The largest absolute Gasteiger partial charge is 0.309 e. The molecule has 0 aromatic rings. The third-order valence-corrected chi connectivity index (χ3v) is 4.99. The zero-order valence-electron chi connectivity index (χ0n) is 10.7. The van der Waals surface area contributed by atoms with Crippen molar-refractivity contribution < 1.29 is 0 Å². The molecule has 0 aromatic heterocycles. The zero-order chi connectivity index (χ0) is 11.0. The SMILES string of the molecule is CC(CN1CCNC2(CCCC2)C1)C1CC1. The Labute approximate surface area is 99.8 Å². The predicted molar refractivity (Wildman–Crippen MR) is 67.5 cm³/mol. The first-order valence-electron chi connectivity index (χ1n) is 7.25. The van der Waals surface area contributed by atoms with Crippen LogP contribution in [0.1, 0.15) is 45.4 Å². The summed E-state index contributed by atoms with van der Waals surface area (Å²) in [7, 11) is 0. The van der Waals surface area contributed by atoms with E-state index >= 15 is 0 Å². The molecule has 1 heterocycles. The first-order chi connectivity index (χ1) is 7.77. The monoisotopic (exact) mass is 222 g/mol. The molecular formula is C14H26N2. The van der Waals surface area contributed by atoms with Crippen molar-refractivity contribution in [1.29, 1.82) is 0 Å². The van der Waals surface area contributed by atoms with E-state index in [0.29, 0.717) is 5.54 Å². The summed E-state index contributed by atoms with van der Waals surface area (Å²) in [5, 5.41) is 3.80. The smallest absolute Gasteiger partial charge is 0.0309 e. The number of rotatable bonds is 3. The summed E-state index contributed by atoms with van der Waals surface area (Å²) in [6.45, 7) is 7.63. The van der Waals surface area contributed by atoms with Crippen LogP contribution in [0, 0.1) is 11.8 Å². The van der Waals surface area contributed by atoms with Crippen molar-refractivity contribution in [3.8, 4) is 0 Å². The Morgan fingerprint density at radius 2 is 2.06 bits per heavy atom. The summed E-state index contributed by atoms with van der Waals surface area (Å²) < 4.78 is 0. The topological polar surface area (TPSA) is 15.3 Å². The molecule has 0 radical (unpaired) electrons. The van der Waals surface area contributed by atoms with Gasteiger partial charge in [-0.25, -0.2) is 0 Å². The van der Waals surface area contributed by atoms with E-state index in [9.17, 15) is 0 Å². The molecular weight excluding hydrogens is 196 g/mol. The van der Waals surface area contributed by atoms with Crippen LogP contribution in [-0.4, -0.2) is 36.6 Å². The lowest BCUT2D eigenvalue weighted by Crippen LogP contribution is -2.59. The van der Waals surface area contributed by atoms with E-state index in [2.05, 4.69) is 17.1 Å². The quantitative estimate of drug-likeness (QED) is 0.788. The van der Waals surface area contributed by atoms with Crippen molar-refractivity contribution in [2.24, 2.45) is 11.8 Å². The van der Waals surface area contributed by atoms with E-state index in [1.807, 2.05) is 0 Å². The molecule has 2 saturated carbocycles. The standard InChI is InChI=1S/C14H26N2/c1-12(13-4-5-13)10-16-9-8-15-14(11-16)6-2-3-7-14/h12-13,15H,2-11H2,1H3. The first-order valence-corrected chi connectivity index (χ1v) is 7.25. The summed E-state index contributed by atoms with van der Waals surface area (Å²) in [6, 6.07) is 0. The molecule has 2 heteroatoms. The molecule has 1 spiro atoms. The molecule has 1 unspecified atom stereocenters. The summed E-state index contributed by atoms with van der Waals surface area (Å²) in [6.07, 6.45) is 8.72. The Kier molecular flexibility index (Phi) is 2.97. The molecule has 1 N–H and O–H groups in total. The first kappa shape index (κ1) is 11.0. The van der Waals surface area contributed by atoms with Gasteiger partial charge in [-0.3, -0.25) is 4.90 Å². The van der Waals surface area contributed by atoms with Crippen LogP contribution < -0.4 is 5.32 Å². The van der Waals surface area contributed by atoms with Gasteiger partial charge in [-0.15, -0.1) is 0 Å². The fraction of sp³-hybridized carbons (Fsp3) is 1.00. The molecule has 1 saturated heterocycles. The zero-order valence-corrected chi connectivity index (χ0v) is 10.7. The van der Waals surface area contributed by atoms with Crippen molar-refractivity contribution in [2.75, 3.05) is 26.2 Å². The molecule has 3 rings (SSSR count). The van der Waals surface area contributed by atoms with E-state index in [1.54, 1.807) is 0 Å². The van der Waals surface area contributed by atoms with Crippen LogP contribution in [0.4, 0.5) is 0 Å². The second kappa shape index (κ2) is 4.30. The Morgan fingerprint density at radius 1 is 1.31 bits per heavy atom. The summed E-state index contributed by atoms with van der Waals surface area (Å²) >= 11 is 0. The third-order valence-electron chi connectivity index (χ3n) is 4.99. The van der Waals surface area contributed by atoms with Crippen LogP contribution in [0.5, 0.6) is 0 Å². The highest BCUT2D eigenvalue weighted by Gasteiger charge is 2.38. The van der Waals surface area contributed by atoms with Crippen LogP contribution in [0.3, 0.4) is 0 Å². The van der Waals surface area contributed by atoms with Crippen molar-refractivity contribution in [2.45, 2.75) is 51.0 Å². The second-order valence-corrected chi connectivity index (χ2v) is 6.46. The van der Waals surface area contributed by atoms with Gasteiger partial charge in [0, 0.05) is 31.7 Å². The van der Waals surface area contributed by atoms with Crippen LogP contribution >= 0.6 is 0 Å². The molecule has 92 valence electrons. The van der Waals surface area contributed by atoms with Gasteiger partial charge in [-0.1, -0.05) is 19.8 Å². The van der Waals surface area contributed by atoms with Gasteiger partial charge >= 0.3 is 0 Å². The Balaban J connectivity index is 1.54. The Morgan fingerprint density at radius 3 is 2.75 bits per heavy atom. The lowest BCUT2D eigenvalue weighted by atomic mass is 9.93. The van der Waals surface area contributed by atoms with Crippen molar-refractivity contribution in [1.82, 2.24) is 10.2 Å². The lowest BCUT2D eigenvalue weighted by molar-refractivity contribution is 0.117. The fourth-order valence-electron chi connectivity index (χ4n) is 3.81. The van der Waals surface area contributed by atoms with E-state index in [0.717, 1.165) is 11.8 Å². The number of hydrogen-bond donors (Lipinski definition) is 1. The van der Waals surface area contributed by atoms with Crippen molar-refractivity contribution in [3.63, 3.8) is 0 Å². The van der Waals surface area contributed by atoms with Gasteiger partial charge in [0.25, 0.3) is 0 Å². The molecule has 2 nitrogen and oxygen atoms in total. The average Bonchev–Trinajstić information content (AvgIpc) is 3.03. The molecule has 1 aliphatic heterocycles. The van der Waals surface area contributed by atoms with Crippen LogP contribution in [0.15, 0.2) is 0 Å². The van der Waals surface area contributed by atoms with Crippen LogP contribution in [0.2, 0.25) is 0 Å². The summed E-state index contributed by atoms with van der Waals surface area (Å²) in [4.78, 5) is 2.74. The third kappa shape index (κ3) is 2.28. The molecule has 3 fully saturated rings. The highest BCUT2D eigenvalue weighted by atomic mass is 15.2. The number of piperazine rings is 1. The summed E-state index contributed by atoms with van der Waals surface area (Å²) in [5.41, 5.74) is 0.515. The minimum Gasteiger partial charge on any atom is -0.309 e. The van der Waals surface area contributed by atoms with E-state index in [1.165, 1.54) is 64.7 Å². The maximum atomic E-state index is 3.80. The van der Waals surface area contributed by atoms with Gasteiger partial charge in [0.15, 0.2) is 0 Å². The minimum absolute atomic E-state index is 0.515. The number of hydrogen-bond acceptors (Lipinski definition) is 2. The van der Waals surface area contributed by atoms with E-state index in [-0.39, 0.29) is 0 Å². The number of nitrogens with zero attached hydrogens (tertiary/aromatic N) is 1. The van der Waals surface area contributed by atoms with Gasteiger partial charge in [0.1, 0.15) is 0 Å². The Hall–Kier alpha value is -0.0800. The molecule has 0 bridgehead atoms. The molecule has 3 aliphatic rings. The Bertz CT molecular complexity index is 241. The van der Waals surface area contributed by atoms with E-state index < -0.39 is 0 Å². The average molecular weight is 222 g/mol.